The largest absolute Gasteiger partial charge is 0.493 e. The number of aromatic nitrogens is 3. The van der Waals surface area contributed by atoms with Gasteiger partial charge in [-0.15, -0.1) is 0 Å². The van der Waals surface area contributed by atoms with E-state index >= 15 is 0 Å². The molecule has 13 heteroatoms. The molecule has 0 aliphatic carbocycles. The summed E-state index contributed by atoms with van der Waals surface area (Å²) in [6, 6.07) is 20.5. The quantitative estimate of drug-likeness (QED) is 0.352. The first-order valence-corrected chi connectivity index (χ1v) is 16.3. The zero-order chi connectivity index (χ0) is 31.4. The van der Waals surface area contributed by atoms with Crippen molar-refractivity contribution < 1.29 is 27.5 Å². The van der Waals surface area contributed by atoms with Crippen LogP contribution in [0, 0.1) is 0 Å². The molecule has 4 aromatic rings. The molecule has 0 saturated heterocycles. The van der Waals surface area contributed by atoms with E-state index in [4.69, 9.17) is 14.5 Å². The number of hydrogen-bond acceptors (Lipinski definition) is 8. The number of sulfonamides is 1. The van der Waals surface area contributed by atoms with Gasteiger partial charge in [0, 0.05) is 30.6 Å². The first kappa shape index (κ1) is 30.3. The van der Waals surface area contributed by atoms with Crippen molar-refractivity contribution >= 4 is 21.8 Å². The third-order valence-electron chi connectivity index (χ3n) is 7.65. The third kappa shape index (κ3) is 6.84. The molecule has 1 aromatic heterocycles. The molecule has 0 radical (unpaired) electrons. The van der Waals surface area contributed by atoms with Crippen LogP contribution in [0.25, 0.3) is 11.4 Å². The van der Waals surface area contributed by atoms with Crippen molar-refractivity contribution in [1.29, 1.82) is 0 Å². The fourth-order valence-corrected chi connectivity index (χ4v) is 6.84. The van der Waals surface area contributed by atoms with E-state index in [0.29, 0.717) is 48.3 Å². The Morgan fingerprint density at radius 1 is 0.911 bits per heavy atom. The Bertz CT molecular complexity index is 1810. The Kier molecular flexibility index (Phi) is 8.80. The van der Waals surface area contributed by atoms with E-state index in [1.165, 1.54) is 6.07 Å². The second-order valence-electron chi connectivity index (χ2n) is 10.9. The van der Waals surface area contributed by atoms with Crippen molar-refractivity contribution in [2.24, 2.45) is 0 Å². The SMILES string of the molecule is C[C@@H]1NC(=O)CN(S(=O)(=O)c2ccc3c(c2)CCO3)CCCNC(=O)c2cccc(c2)OCCn2nc(-c3ccccc3)nc21. The molecule has 0 fully saturated rings. The highest BCUT2D eigenvalue weighted by Gasteiger charge is 2.29. The van der Waals surface area contributed by atoms with Gasteiger partial charge in [0.2, 0.25) is 15.9 Å². The monoisotopic (exact) mass is 630 g/mol. The number of rotatable bonds is 3. The molecule has 2 amide bonds. The van der Waals surface area contributed by atoms with E-state index in [9.17, 15) is 18.0 Å². The number of nitrogens with zero attached hydrogens (tertiary/aromatic N) is 4. The van der Waals surface area contributed by atoms with Gasteiger partial charge in [0.15, 0.2) is 5.82 Å². The van der Waals surface area contributed by atoms with E-state index in [1.807, 2.05) is 30.3 Å². The van der Waals surface area contributed by atoms with Crippen molar-refractivity contribution in [2.75, 3.05) is 32.8 Å². The number of carbonyl (C=O) groups excluding carboxylic acids is 2. The van der Waals surface area contributed by atoms with E-state index < -0.39 is 28.5 Å². The van der Waals surface area contributed by atoms with Crippen LogP contribution in [0.1, 0.15) is 41.1 Å². The molecule has 3 heterocycles. The third-order valence-corrected chi connectivity index (χ3v) is 9.49. The van der Waals surface area contributed by atoms with Gasteiger partial charge in [0.1, 0.15) is 23.9 Å². The summed E-state index contributed by atoms with van der Waals surface area (Å²) in [6.45, 7) is 2.62. The summed E-state index contributed by atoms with van der Waals surface area (Å²) < 4.78 is 42.0. The van der Waals surface area contributed by atoms with E-state index in [1.54, 1.807) is 48.0 Å². The van der Waals surface area contributed by atoms with Crippen LogP contribution in [0.3, 0.4) is 0 Å². The molecule has 2 N–H and O–H groups in total. The van der Waals surface area contributed by atoms with Gasteiger partial charge in [0.25, 0.3) is 5.91 Å². The fraction of sp³-hybridized carbons (Fsp3) is 0.312. The second kappa shape index (κ2) is 13.1. The van der Waals surface area contributed by atoms with Crippen LogP contribution >= 0.6 is 0 Å². The molecule has 1 atom stereocenters. The molecule has 2 bridgehead atoms. The Morgan fingerprint density at radius 2 is 1.73 bits per heavy atom. The van der Waals surface area contributed by atoms with Crippen molar-refractivity contribution in [2.45, 2.75) is 37.2 Å². The average molecular weight is 631 g/mol. The van der Waals surface area contributed by atoms with Crippen LogP contribution in [-0.4, -0.2) is 72.1 Å². The molecule has 12 nitrogen and oxygen atoms in total. The molecule has 6 rings (SSSR count). The first-order valence-electron chi connectivity index (χ1n) is 14.8. The Labute approximate surface area is 261 Å². The zero-order valence-corrected chi connectivity index (χ0v) is 25.6. The second-order valence-corrected chi connectivity index (χ2v) is 12.8. The maximum Gasteiger partial charge on any atom is 0.251 e. The van der Waals surface area contributed by atoms with Crippen LogP contribution < -0.4 is 20.1 Å². The highest BCUT2D eigenvalue weighted by molar-refractivity contribution is 7.89. The van der Waals surface area contributed by atoms with Crippen molar-refractivity contribution in [1.82, 2.24) is 29.7 Å². The highest BCUT2D eigenvalue weighted by atomic mass is 32.2. The molecule has 234 valence electrons. The lowest BCUT2D eigenvalue weighted by atomic mass is 10.2. The Balaban J connectivity index is 1.31. The van der Waals surface area contributed by atoms with Crippen LogP contribution in [0.2, 0.25) is 0 Å². The minimum atomic E-state index is -4.06. The predicted octanol–water partition coefficient (Wildman–Crippen LogP) is 2.96. The Hall–Kier alpha value is -4.75. The lowest BCUT2D eigenvalue weighted by molar-refractivity contribution is -0.122. The number of fused-ring (bicyclic) bond motifs is 4. The van der Waals surface area contributed by atoms with Gasteiger partial charge in [-0.25, -0.2) is 18.1 Å². The summed E-state index contributed by atoms with van der Waals surface area (Å²) in [6.07, 6.45) is 0.896. The van der Waals surface area contributed by atoms with E-state index in [2.05, 4.69) is 15.7 Å². The molecule has 0 saturated carbocycles. The smallest absolute Gasteiger partial charge is 0.251 e. The van der Waals surface area contributed by atoms with Crippen molar-refractivity contribution in [3.8, 4) is 22.9 Å². The predicted molar refractivity (Wildman–Crippen MR) is 165 cm³/mol. The number of hydrogen-bond donors (Lipinski definition) is 2. The van der Waals surface area contributed by atoms with Crippen LogP contribution in [0.4, 0.5) is 0 Å². The molecule has 45 heavy (non-hydrogen) atoms. The number of benzene rings is 3. The fourth-order valence-electron chi connectivity index (χ4n) is 5.35. The van der Waals surface area contributed by atoms with Crippen LogP contribution in [0.15, 0.2) is 77.7 Å². The molecular weight excluding hydrogens is 596 g/mol. The van der Waals surface area contributed by atoms with Gasteiger partial charge in [0.05, 0.1) is 30.6 Å². The van der Waals surface area contributed by atoms with E-state index in [-0.39, 0.29) is 36.9 Å². The van der Waals surface area contributed by atoms with Gasteiger partial charge in [-0.1, -0.05) is 36.4 Å². The minimum absolute atomic E-state index is 0.00941. The van der Waals surface area contributed by atoms with Gasteiger partial charge in [-0.05, 0) is 55.3 Å². The molecular formula is C32H34N6O6S. The Morgan fingerprint density at radius 3 is 2.58 bits per heavy atom. The minimum Gasteiger partial charge on any atom is -0.493 e. The van der Waals surface area contributed by atoms with Gasteiger partial charge in [-0.3, -0.25) is 9.59 Å². The van der Waals surface area contributed by atoms with E-state index in [0.717, 1.165) is 15.4 Å². The zero-order valence-electron chi connectivity index (χ0n) is 24.8. The lowest BCUT2D eigenvalue weighted by Gasteiger charge is -2.23. The van der Waals surface area contributed by atoms with Gasteiger partial charge >= 0.3 is 0 Å². The summed E-state index contributed by atoms with van der Waals surface area (Å²) in [5.74, 6) is 1.35. The average Bonchev–Trinajstić information content (AvgIpc) is 3.70. The molecule has 0 spiro atoms. The molecule has 0 unspecified atom stereocenters. The van der Waals surface area contributed by atoms with Gasteiger partial charge in [-0.2, -0.15) is 9.40 Å². The molecule has 2 aliphatic rings. The summed E-state index contributed by atoms with van der Waals surface area (Å²) in [5, 5.41) is 10.4. The standard InChI is InChI=1S/C32H34N6O6S/c1-22-31-35-30(23-7-3-2-4-8-23)36-38(31)16-18-43-26-10-5-9-25(19-26)32(40)33-14-6-15-37(21-29(39)34-22)45(41,42)27-11-12-28-24(20-27)13-17-44-28/h2-5,7-12,19-20,22H,6,13-18,21H2,1H3,(H,33,40)(H,34,39)/t22-/m0/s1. The number of carbonyl (C=O) groups is 2. The number of ether oxygens (including phenoxy) is 2. The number of amides is 2. The summed E-state index contributed by atoms with van der Waals surface area (Å²) >= 11 is 0. The molecule has 2 aliphatic heterocycles. The molecule has 3 aromatic carbocycles. The normalized spacial score (nSPS) is 18.3. The van der Waals surface area contributed by atoms with Gasteiger partial charge < -0.3 is 20.1 Å². The lowest BCUT2D eigenvalue weighted by Crippen LogP contribution is -2.43. The summed E-state index contributed by atoms with van der Waals surface area (Å²) in [5.41, 5.74) is 2.04. The topological polar surface area (TPSA) is 145 Å². The summed E-state index contributed by atoms with van der Waals surface area (Å²) in [4.78, 5) is 31.1. The number of nitrogens with one attached hydrogen (secondary N) is 2. The van der Waals surface area contributed by atoms with Crippen molar-refractivity contribution in [3.05, 3.63) is 89.7 Å². The van der Waals surface area contributed by atoms with Crippen LogP contribution in [0.5, 0.6) is 11.5 Å². The van der Waals surface area contributed by atoms with Crippen LogP contribution in [-0.2, 0) is 27.8 Å². The first-order chi connectivity index (χ1) is 21.8. The maximum atomic E-state index is 13.9. The highest BCUT2D eigenvalue weighted by Crippen LogP contribution is 2.29. The maximum absolute atomic E-state index is 13.9. The summed E-state index contributed by atoms with van der Waals surface area (Å²) in [7, 11) is -4.06. The van der Waals surface area contributed by atoms with Crippen molar-refractivity contribution in [3.63, 3.8) is 0 Å².